The molecule has 1 unspecified atom stereocenters. The van der Waals surface area contributed by atoms with Crippen LogP contribution < -0.4 is 10.1 Å². The highest BCUT2D eigenvalue weighted by atomic mass is 35.5. The molecule has 3 rings (SSSR count). The predicted molar refractivity (Wildman–Crippen MR) is 179 cm³/mol. The van der Waals surface area contributed by atoms with Crippen LogP contribution in [0.5, 0.6) is 5.75 Å². The minimum atomic E-state index is -4.13. The van der Waals surface area contributed by atoms with Gasteiger partial charge in [-0.3, -0.25) is 4.57 Å². The number of amides is 1. The van der Waals surface area contributed by atoms with Crippen LogP contribution in [0.3, 0.4) is 0 Å². The molecular formula is C34H42ClFNO6PS. The molecular weight excluding hydrogens is 636 g/mol. The predicted octanol–water partition coefficient (Wildman–Crippen LogP) is 10.4. The lowest BCUT2D eigenvalue weighted by Crippen LogP contribution is -2.38. The maximum atomic E-state index is 15.2. The number of nitrogens with one attached hydrogen (secondary N) is 1. The Morgan fingerprint density at radius 3 is 2.33 bits per heavy atom. The van der Waals surface area contributed by atoms with Gasteiger partial charge in [-0.25, -0.2) is 4.79 Å². The van der Waals surface area contributed by atoms with Gasteiger partial charge in [0.2, 0.25) is 5.57 Å². The number of halogens is 2. The zero-order valence-electron chi connectivity index (χ0n) is 26.4. The summed E-state index contributed by atoms with van der Waals surface area (Å²) in [6.45, 7) is 8.89. The summed E-state index contributed by atoms with van der Waals surface area (Å²) in [6, 6.07) is 23.0. The standard InChI is InChI=1S/C34H42ClFNO6PS/c1-6-41-44(39,42-7-2)32(36)21-27(37-33(38)43-34(3,4)5)16-11-15-26-19-20-30(23-31(26)35)45-29-18-12-17-28(22-29)40-24-25-13-9-8-10-14-25/h8-10,12-14,17-23,27H,6-7,11,15-16,24H2,1-5H3,(H,37,38)/b32-21-. The third kappa shape index (κ3) is 12.8. The van der Waals surface area contributed by atoms with Crippen LogP contribution in [0.15, 0.2) is 94.2 Å². The Kier molecular flexibility index (Phi) is 14.5. The fraction of sp³-hybridized carbons (Fsp3) is 0.382. The lowest BCUT2D eigenvalue weighted by Gasteiger charge is -2.23. The smallest absolute Gasteiger partial charge is 0.408 e. The van der Waals surface area contributed by atoms with Gasteiger partial charge in [0.1, 0.15) is 18.0 Å². The molecule has 1 amide bonds. The van der Waals surface area contributed by atoms with Gasteiger partial charge in [-0.15, -0.1) is 0 Å². The van der Waals surface area contributed by atoms with Crippen molar-refractivity contribution in [2.24, 2.45) is 0 Å². The van der Waals surface area contributed by atoms with E-state index in [4.69, 9.17) is 30.1 Å². The molecule has 0 radical (unpaired) electrons. The van der Waals surface area contributed by atoms with Gasteiger partial charge in [0.05, 0.1) is 19.3 Å². The Hall–Kier alpha value is -2.81. The van der Waals surface area contributed by atoms with Crippen molar-refractivity contribution >= 4 is 37.1 Å². The summed E-state index contributed by atoms with van der Waals surface area (Å²) >= 11 is 8.24. The summed E-state index contributed by atoms with van der Waals surface area (Å²) in [7, 11) is -4.13. The van der Waals surface area contributed by atoms with Crippen LogP contribution in [0.2, 0.25) is 5.02 Å². The van der Waals surface area contributed by atoms with Crippen molar-refractivity contribution in [3.63, 3.8) is 0 Å². The van der Waals surface area contributed by atoms with Crippen LogP contribution >= 0.6 is 31.0 Å². The number of ether oxygens (including phenoxy) is 2. The van der Waals surface area contributed by atoms with E-state index in [1.807, 2.05) is 72.8 Å². The molecule has 1 N–H and O–H groups in total. The second kappa shape index (κ2) is 17.8. The highest BCUT2D eigenvalue weighted by molar-refractivity contribution is 7.99. The molecule has 3 aromatic rings. The quantitative estimate of drug-likeness (QED) is 0.151. The van der Waals surface area contributed by atoms with Gasteiger partial charge in [-0.1, -0.05) is 65.8 Å². The highest BCUT2D eigenvalue weighted by Crippen LogP contribution is 2.56. The molecule has 244 valence electrons. The fourth-order valence-corrected chi connectivity index (χ4v) is 6.84. The van der Waals surface area contributed by atoms with Crippen molar-refractivity contribution in [3.05, 3.63) is 101 Å². The van der Waals surface area contributed by atoms with Gasteiger partial charge in [-0.2, -0.15) is 4.39 Å². The molecule has 1 atom stereocenters. The fourth-order valence-electron chi connectivity index (χ4n) is 4.23. The first-order chi connectivity index (χ1) is 21.4. The number of hydrogen-bond donors (Lipinski definition) is 1. The average Bonchev–Trinajstić information content (AvgIpc) is 2.97. The van der Waals surface area contributed by atoms with Gasteiger partial charge < -0.3 is 23.8 Å². The monoisotopic (exact) mass is 677 g/mol. The van der Waals surface area contributed by atoms with Crippen molar-refractivity contribution in [2.75, 3.05) is 13.2 Å². The first-order valence-electron chi connectivity index (χ1n) is 14.9. The van der Waals surface area contributed by atoms with E-state index in [1.54, 1.807) is 46.4 Å². The van der Waals surface area contributed by atoms with Crippen LogP contribution in [-0.2, 0) is 31.4 Å². The van der Waals surface area contributed by atoms with E-state index in [0.29, 0.717) is 30.9 Å². The third-order valence-electron chi connectivity index (χ3n) is 6.18. The number of carbonyl (C=O) groups excluding carboxylic acids is 1. The van der Waals surface area contributed by atoms with Crippen molar-refractivity contribution in [3.8, 4) is 5.75 Å². The Morgan fingerprint density at radius 1 is 1.00 bits per heavy atom. The van der Waals surface area contributed by atoms with E-state index in [2.05, 4.69) is 5.32 Å². The molecule has 0 aliphatic rings. The van der Waals surface area contributed by atoms with Gasteiger partial charge in [-0.05, 0) is 101 Å². The van der Waals surface area contributed by atoms with Gasteiger partial charge in [0.15, 0.2) is 0 Å². The van der Waals surface area contributed by atoms with Crippen LogP contribution in [-0.4, -0.2) is 30.9 Å². The lowest BCUT2D eigenvalue weighted by atomic mass is 10.0. The Morgan fingerprint density at radius 2 is 1.69 bits per heavy atom. The van der Waals surface area contributed by atoms with Crippen LogP contribution in [0.1, 0.15) is 58.6 Å². The summed E-state index contributed by atoms with van der Waals surface area (Å²) in [6.07, 6.45) is 1.81. The molecule has 0 saturated heterocycles. The van der Waals surface area contributed by atoms with Crippen molar-refractivity contribution in [1.29, 1.82) is 0 Å². The van der Waals surface area contributed by atoms with Gasteiger partial charge in [0, 0.05) is 14.8 Å². The molecule has 0 aliphatic heterocycles. The zero-order valence-corrected chi connectivity index (χ0v) is 28.9. The summed E-state index contributed by atoms with van der Waals surface area (Å²) in [4.78, 5) is 14.5. The number of alkyl carbamates (subject to hydrolysis) is 1. The second-order valence-corrected chi connectivity index (χ2v) is 14.6. The number of hydrogen-bond acceptors (Lipinski definition) is 7. The Balaban J connectivity index is 1.64. The SMILES string of the molecule is CCOP(=O)(OCC)/C(F)=C\C(CCCc1ccc(Sc2cccc(OCc3ccccc3)c2)cc1Cl)NC(=O)OC(C)(C)C. The first kappa shape index (κ1) is 36.7. The lowest BCUT2D eigenvalue weighted by molar-refractivity contribution is 0.0511. The maximum absolute atomic E-state index is 15.2. The highest BCUT2D eigenvalue weighted by Gasteiger charge is 2.31. The normalized spacial score (nSPS) is 12.9. The summed E-state index contributed by atoms with van der Waals surface area (Å²) in [5.74, 6) is 0.783. The topological polar surface area (TPSA) is 83.1 Å². The molecule has 11 heteroatoms. The second-order valence-electron chi connectivity index (χ2n) is 11.1. The molecule has 0 saturated carbocycles. The molecule has 0 heterocycles. The molecule has 0 fully saturated rings. The maximum Gasteiger partial charge on any atom is 0.408 e. The van der Waals surface area contributed by atoms with E-state index >= 15 is 4.39 Å². The molecule has 0 aliphatic carbocycles. The van der Waals surface area contributed by atoms with E-state index in [0.717, 1.165) is 32.7 Å². The molecule has 45 heavy (non-hydrogen) atoms. The summed E-state index contributed by atoms with van der Waals surface area (Å²) in [5.41, 5.74) is 0.214. The molecule has 7 nitrogen and oxygen atoms in total. The minimum absolute atomic E-state index is 0.00293. The van der Waals surface area contributed by atoms with E-state index in [1.165, 1.54) is 0 Å². The Labute approximate surface area is 275 Å². The van der Waals surface area contributed by atoms with E-state index < -0.39 is 30.9 Å². The molecule has 0 bridgehead atoms. The average molecular weight is 678 g/mol. The Bertz CT molecular complexity index is 1460. The third-order valence-corrected chi connectivity index (χ3v) is 9.38. The first-order valence-corrected chi connectivity index (χ1v) is 17.6. The van der Waals surface area contributed by atoms with Gasteiger partial charge in [0.25, 0.3) is 0 Å². The van der Waals surface area contributed by atoms with Crippen LogP contribution in [0.4, 0.5) is 9.18 Å². The van der Waals surface area contributed by atoms with Crippen LogP contribution in [0.25, 0.3) is 0 Å². The van der Waals surface area contributed by atoms with Crippen molar-refractivity contribution in [1.82, 2.24) is 5.32 Å². The van der Waals surface area contributed by atoms with Crippen LogP contribution in [0, 0.1) is 0 Å². The van der Waals surface area contributed by atoms with E-state index in [9.17, 15) is 9.36 Å². The van der Waals surface area contributed by atoms with Crippen molar-refractivity contribution < 1.29 is 32.3 Å². The number of aryl methyl sites for hydroxylation is 1. The van der Waals surface area contributed by atoms with E-state index in [-0.39, 0.29) is 13.2 Å². The van der Waals surface area contributed by atoms with Crippen molar-refractivity contribution in [2.45, 2.75) is 81.9 Å². The van der Waals surface area contributed by atoms with Gasteiger partial charge >= 0.3 is 13.7 Å². The summed E-state index contributed by atoms with van der Waals surface area (Å²) in [5, 5.41) is 3.27. The number of rotatable bonds is 16. The molecule has 3 aromatic carbocycles. The minimum Gasteiger partial charge on any atom is -0.489 e. The number of carbonyl (C=O) groups is 1. The largest absolute Gasteiger partial charge is 0.489 e. The summed E-state index contributed by atoms with van der Waals surface area (Å²) < 4.78 is 49.6. The zero-order chi connectivity index (χ0) is 32.9. The molecule has 0 spiro atoms. The molecule has 0 aromatic heterocycles. The number of benzene rings is 3.